The number of carboxylic acids is 3. The van der Waals surface area contributed by atoms with Crippen LogP contribution in [0.5, 0.6) is 0 Å². The van der Waals surface area contributed by atoms with Crippen molar-refractivity contribution in [3.63, 3.8) is 0 Å². The normalized spacial score (nSPS) is 19.0. The topological polar surface area (TPSA) is 339 Å². The second-order valence-electron chi connectivity index (χ2n) is 12.0. The fourth-order valence-corrected chi connectivity index (χ4v) is 7.89. The summed E-state index contributed by atoms with van der Waals surface area (Å²) in [6.07, 6.45) is -1.04. The number of urea groups is 1. The van der Waals surface area contributed by atoms with Crippen molar-refractivity contribution in [1.29, 1.82) is 0 Å². The molecule has 5 rings (SSSR count). The molecule has 56 heavy (non-hydrogen) atoms. The fourth-order valence-electron chi connectivity index (χ4n) is 5.53. The summed E-state index contributed by atoms with van der Waals surface area (Å²) in [7, 11) is 0. The highest BCUT2D eigenvalue weighted by Gasteiger charge is 2.54. The summed E-state index contributed by atoms with van der Waals surface area (Å²) in [6, 6.07) is -0.163. The van der Waals surface area contributed by atoms with Gasteiger partial charge in [0.1, 0.15) is 42.3 Å². The average Bonchev–Trinajstić information content (AvgIpc) is 3.60. The number of carbonyl (C=O) groups excluding carboxylic acids is 6. The number of amides is 7. The Kier molecular flexibility index (Phi) is 12.7. The quantitative estimate of drug-likeness (QED) is 0.0564. The van der Waals surface area contributed by atoms with Crippen molar-refractivity contribution in [3.8, 4) is 0 Å². The summed E-state index contributed by atoms with van der Waals surface area (Å²) in [4.78, 5) is 115. The van der Waals surface area contributed by atoms with Crippen LogP contribution in [0.4, 0.5) is 15.3 Å². The summed E-state index contributed by atoms with van der Waals surface area (Å²) in [6.45, 7) is 0.591. The Labute approximate surface area is 323 Å². The Bertz CT molecular complexity index is 1990. The van der Waals surface area contributed by atoms with E-state index in [-0.39, 0.29) is 53.2 Å². The van der Waals surface area contributed by atoms with E-state index < -0.39 is 90.3 Å². The van der Waals surface area contributed by atoms with Crippen molar-refractivity contribution in [1.82, 2.24) is 45.5 Å². The molecule has 0 aliphatic carbocycles. The molecule has 7 amide bonds. The maximum atomic E-state index is 13.9. The highest BCUT2D eigenvalue weighted by atomic mass is 32.2. The molecule has 3 aliphatic heterocycles. The van der Waals surface area contributed by atoms with Crippen LogP contribution in [0.2, 0.25) is 0 Å². The number of anilines is 1. The first-order chi connectivity index (χ1) is 26.6. The first-order valence-corrected chi connectivity index (χ1v) is 18.4. The second-order valence-corrected chi connectivity index (χ2v) is 14.0. The minimum Gasteiger partial charge on any atom is -0.480 e. The van der Waals surface area contributed by atoms with Crippen LogP contribution in [-0.4, -0.2) is 159 Å². The third-order valence-electron chi connectivity index (χ3n) is 8.37. The molecule has 8 N–H and O–H groups in total. The van der Waals surface area contributed by atoms with Crippen molar-refractivity contribution in [2.75, 3.05) is 43.1 Å². The number of carboxylic acid groups (broad SMARTS) is 3. The van der Waals surface area contributed by atoms with Gasteiger partial charge in [-0.15, -0.1) is 16.9 Å². The van der Waals surface area contributed by atoms with Gasteiger partial charge in [0.2, 0.25) is 11.1 Å². The van der Waals surface area contributed by atoms with E-state index in [1.165, 1.54) is 29.2 Å². The maximum absolute atomic E-state index is 13.9. The van der Waals surface area contributed by atoms with Crippen LogP contribution in [-0.2, 0) is 44.8 Å². The van der Waals surface area contributed by atoms with Gasteiger partial charge in [0.05, 0.1) is 0 Å². The van der Waals surface area contributed by atoms with E-state index in [1.807, 2.05) is 0 Å². The molecule has 0 unspecified atom stereocenters. The lowest BCUT2D eigenvalue weighted by molar-refractivity contribution is -0.153. The summed E-state index contributed by atoms with van der Waals surface area (Å²) >= 11 is 2.10. The van der Waals surface area contributed by atoms with E-state index in [1.54, 1.807) is 6.92 Å². The first kappa shape index (κ1) is 40.9. The van der Waals surface area contributed by atoms with Gasteiger partial charge < -0.3 is 41.3 Å². The van der Waals surface area contributed by atoms with Gasteiger partial charge in [0.25, 0.3) is 5.91 Å². The van der Waals surface area contributed by atoms with Crippen LogP contribution in [0.1, 0.15) is 18.5 Å². The molecular weight excluding hydrogens is 787 g/mol. The first-order valence-electron chi connectivity index (χ1n) is 16.4. The summed E-state index contributed by atoms with van der Waals surface area (Å²) in [5.74, 6) is -7.71. The van der Waals surface area contributed by atoms with Gasteiger partial charge in [0, 0.05) is 36.8 Å². The molecule has 0 saturated carbocycles. The predicted molar refractivity (Wildman–Crippen MR) is 188 cm³/mol. The monoisotopic (exact) mass is 819 g/mol. The Balaban J connectivity index is 1.32. The number of hydrogen-bond donors (Lipinski definition) is 7. The van der Waals surface area contributed by atoms with Crippen LogP contribution in [0.3, 0.4) is 0 Å². The number of hydrogen-bond acceptors (Lipinski definition) is 16. The Hall–Kier alpha value is -6.28. The van der Waals surface area contributed by atoms with Crippen molar-refractivity contribution in [3.05, 3.63) is 41.1 Å². The molecule has 2 saturated heterocycles. The number of imide groups is 1. The predicted octanol–water partition coefficient (Wildman–Crippen LogP) is -2.31. The number of aliphatic carboxylic acids is 3. The van der Waals surface area contributed by atoms with Gasteiger partial charge in [-0.3, -0.25) is 43.9 Å². The number of nitrogens with two attached hydrogens (primary N) is 1. The number of ether oxygens (including phenoxy) is 1. The molecule has 2 aromatic rings. The maximum Gasteiger partial charge on any atom is 0.411 e. The number of tetrazole rings is 1. The molecule has 4 atom stereocenters. The van der Waals surface area contributed by atoms with E-state index in [0.717, 1.165) is 33.1 Å². The van der Waals surface area contributed by atoms with Gasteiger partial charge >= 0.3 is 41.8 Å². The van der Waals surface area contributed by atoms with E-state index in [0.29, 0.717) is 10.5 Å². The second kappa shape index (κ2) is 17.5. The number of nitrogens with one attached hydrogen (secondary N) is 3. The van der Waals surface area contributed by atoms with Gasteiger partial charge in [-0.1, -0.05) is 23.9 Å². The molecule has 26 heteroatoms. The van der Waals surface area contributed by atoms with Gasteiger partial charge in [-0.05, 0) is 40.6 Å². The average molecular weight is 820 g/mol. The van der Waals surface area contributed by atoms with Crippen molar-refractivity contribution >= 4 is 82.9 Å². The van der Waals surface area contributed by atoms with Crippen LogP contribution >= 0.6 is 23.5 Å². The van der Waals surface area contributed by atoms with E-state index in [2.05, 4.69) is 31.5 Å². The summed E-state index contributed by atoms with van der Waals surface area (Å²) in [5, 5.41) is 45.3. The molecule has 24 nitrogen and oxygen atoms in total. The number of benzene rings is 1. The lowest BCUT2D eigenvalue weighted by atomic mass is 10.0. The zero-order valence-corrected chi connectivity index (χ0v) is 30.7. The molecule has 4 heterocycles. The lowest BCUT2D eigenvalue weighted by Gasteiger charge is -2.49. The van der Waals surface area contributed by atoms with Crippen molar-refractivity contribution in [2.45, 2.75) is 42.1 Å². The third kappa shape index (κ3) is 8.98. The van der Waals surface area contributed by atoms with Crippen molar-refractivity contribution < 1.29 is 63.2 Å². The van der Waals surface area contributed by atoms with Crippen LogP contribution in [0.25, 0.3) is 0 Å². The number of β-lactam (4-membered cyclic amide) rings is 1. The molecule has 1 aromatic carbocycles. The number of likely N-dealkylation sites (N-methyl/N-ethyl adjacent to an activating group) is 1. The smallest absolute Gasteiger partial charge is 0.411 e. The zero-order valence-electron chi connectivity index (χ0n) is 29.0. The number of thioether (sulfide) groups is 2. The van der Waals surface area contributed by atoms with Gasteiger partial charge in [0.15, 0.2) is 0 Å². The Morgan fingerprint density at radius 2 is 1.77 bits per heavy atom. The number of piperazine rings is 1. The highest BCUT2D eigenvalue weighted by molar-refractivity contribution is 8.01. The molecular formula is C30H33N11O13S2. The zero-order chi connectivity index (χ0) is 40.8. The minimum absolute atomic E-state index is 0.0115. The Morgan fingerprint density at radius 3 is 2.41 bits per heavy atom. The fraction of sp³-hybridized carbons (Fsp3) is 0.400. The van der Waals surface area contributed by atoms with Gasteiger partial charge in [-0.25, -0.2) is 19.1 Å². The number of aromatic nitrogens is 4. The van der Waals surface area contributed by atoms with E-state index >= 15 is 0 Å². The van der Waals surface area contributed by atoms with Crippen molar-refractivity contribution in [2.24, 2.45) is 5.73 Å². The molecule has 1 aromatic heterocycles. The number of rotatable bonds is 15. The van der Waals surface area contributed by atoms with Crippen LogP contribution in [0.15, 0.2) is 40.7 Å². The summed E-state index contributed by atoms with van der Waals surface area (Å²) in [5.41, 5.74) is 5.51. The third-order valence-corrected chi connectivity index (χ3v) is 10.8. The Morgan fingerprint density at radius 1 is 1.05 bits per heavy atom. The molecule has 0 spiro atoms. The summed E-state index contributed by atoms with van der Waals surface area (Å²) < 4.78 is 5.79. The SMILES string of the molecule is CCN1CCN(C(=O)N[C@@H](C(=O)N[C@@H]2C(=O)N3C(C(=O)O)=C(CSc4nnnn4CC(=O)O)CS[C@H]23)c2ccc(NC(=O)OC[C@@H](N)C(=O)O)cc2)C(=O)C1=O. The highest BCUT2D eigenvalue weighted by Crippen LogP contribution is 2.41. The molecule has 2 fully saturated rings. The van der Waals surface area contributed by atoms with E-state index in [4.69, 9.17) is 20.7 Å². The van der Waals surface area contributed by atoms with Crippen LogP contribution < -0.4 is 21.7 Å². The van der Waals surface area contributed by atoms with Crippen LogP contribution in [0, 0.1) is 0 Å². The van der Waals surface area contributed by atoms with E-state index in [9.17, 15) is 48.3 Å². The minimum atomic E-state index is -1.60. The molecule has 3 aliphatic rings. The largest absolute Gasteiger partial charge is 0.480 e. The number of fused-ring (bicyclic) bond motifs is 1. The molecule has 0 bridgehead atoms. The standard InChI is InChI=1S/C30H33N11O13S2/c1-2-38-7-8-39(24(47)23(38)46)28(52)34-18(13-3-5-15(6-4-13)32-30(53)54-10-16(31)26(48)49)21(44)33-19-22(45)41-20(27(50)51)14(11-55-25(19)41)12-56-29-35-36-37-40(29)9-17(42)43/h3-6,16,18-19,25H,2,7-12,31H2,1H3,(H,32,53)(H,33,44)(H,34,52)(H,42,43)(H,48,49)(H,50,51)/t16-,18-,19-,25-/m1/s1. The molecule has 0 radical (unpaired) electrons. The number of nitrogens with zero attached hydrogens (tertiary/aromatic N) is 7. The lowest BCUT2D eigenvalue weighted by Crippen LogP contribution is -2.71. The van der Waals surface area contributed by atoms with Gasteiger partial charge in [-0.2, -0.15) is 0 Å². The molecule has 298 valence electrons. The number of carbonyl (C=O) groups is 9.